The Bertz CT molecular complexity index is 1540. The van der Waals surface area contributed by atoms with Crippen LogP contribution in [0.2, 0.25) is 0 Å². The number of nitrogens with one attached hydrogen (secondary N) is 2. The van der Waals surface area contributed by atoms with E-state index in [4.69, 9.17) is 18.3 Å². The van der Waals surface area contributed by atoms with Crippen LogP contribution in [0.4, 0.5) is 17.3 Å². The van der Waals surface area contributed by atoms with Gasteiger partial charge in [-0.3, -0.25) is 4.79 Å². The highest BCUT2D eigenvalue weighted by Gasteiger charge is 2.39. The molecule has 2 aliphatic rings. The summed E-state index contributed by atoms with van der Waals surface area (Å²) in [5, 5.41) is 14.0. The second kappa shape index (κ2) is 8.46. The van der Waals surface area contributed by atoms with Crippen molar-refractivity contribution in [2.75, 3.05) is 42.2 Å². The van der Waals surface area contributed by atoms with Crippen LogP contribution in [-0.4, -0.2) is 58.8 Å². The highest BCUT2D eigenvalue weighted by molar-refractivity contribution is 6.01. The van der Waals surface area contributed by atoms with Gasteiger partial charge in [-0.25, -0.2) is 9.97 Å². The number of pyridine rings is 1. The largest absolute Gasteiger partial charge is 0.436 e. The number of hydrogen-bond donors (Lipinski definition) is 2. The third kappa shape index (κ3) is 4.03. The van der Waals surface area contributed by atoms with Crippen LogP contribution in [-0.2, 0) is 9.53 Å². The fourth-order valence-corrected chi connectivity index (χ4v) is 4.54. The molecule has 1 amide bonds. The number of nitrogens with zero attached hydrogens (tertiary/aromatic N) is 5. The maximum Gasteiger partial charge on any atom is 0.229 e. The van der Waals surface area contributed by atoms with Gasteiger partial charge in [-0.15, -0.1) is 10.2 Å². The van der Waals surface area contributed by atoms with Crippen molar-refractivity contribution in [2.45, 2.75) is 26.4 Å². The number of morpholine rings is 1. The van der Waals surface area contributed by atoms with Gasteiger partial charge in [0.15, 0.2) is 17.2 Å². The molecule has 1 aliphatic heterocycles. The van der Waals surface area contributed by atoms with Crippen LogP contribution in [0.1, 0.15) is 24.4 Å². The predicted molar refractivity (Wildman–Crippen MR) is 133 cm³/mol. The summed E-state index contributed by atoms with van der Waals surface area (Å²) in [7, 11) is 0. The standard InChI is InChI=1S/C25H27N7O3/c1-13-8-16(13)24(33)29-21-10-17-18(11-27-23(26-3)22(17)31-30-21)25-28-19-9-15(4-5-20(19)35-25)32-6-7-34-14(2)12-32/h4-5,9-11,13-14,16H,6-8,12H2,1-3H3,(H,26,27)(H,29,30,33)/t13-,14+,16+/m1/s1/i3D3. The van der Waals surface area contributed by atoms with Gasteiger partial charge >= 0.3 is 0 Å². The Balaban J connectivity index is 1.40. The minimum Gasteiger partial charge on any atom is -0.436 e. The summed E-state index contributed by atoms with van der Waals surface area (Å²) in [5.41, 5.74) is 3.02. The van der Waals surface area contributed by atoms with Gasteiger partial charge in [0.1, 0.15) is 11.0 Å². The lowest BCUT2D eigenvalue weighted by atomic mass is 10.1. The van der Waals surface area contributed by atoms with E-state index in [1.807, 2.05) is 32.0 Å². The van der Waals surface area contributed by atoms with Crippen LogP contribution in [0.25, 0.3) is 33.5 Å². The Morgan fingerprint density at radius 2 is 2.14 bits per heavy atom. The molecule has 6 rings (SSSR count). The van der Waals surface area contributed by atoms with Gasteiger partial charge in [-0.05, 0) is 43.5 Å². The molecule has 0 radical (unpaired) electrons. The van der Waals surface area contributed by atoms with E-state index in [1.54, 1.807) is 6.07 Å². The number of rotatable bonds is 5. The number of fused-ring (bicyclic) bond motifs is 2. The van der Waals surface area contributed by atoms with Gasteiger partial charge in [0.2, 0.25) is 11.8 Å². The maximum atomic E-state index is 12.5. The normalized spacial score (nSPS) is 23.5. The molecule has 3 atom stereocenters. The maximum absolute atomic E-state index is 12.5. The zero-order chi connectivity index (χ0) is 26.6. The molecule has 4 heterocycles. The molecule has 1 saturated carbocycles. The summed E-state index contributed by atoms with van der Waals surface area (Å²) in [5.74, 6) is 0.779. The van der Waals surface area contributed by atoms with Crippen LogP contribution in [0.3, 0.4) is 0 Å². The number of benzene rings is 1. The fourth-order valence-electron chi connectivity index (χ4n) is 4.54. The Kier molecular flexibility index (Phi) is 4.48. The first kappa shape index (κ1) is 18.5. The summed E-state index contributed by atoms with van der Waals surface area (Å²) in [4.78, 5) is 23.8. The molecule has 0 unspecified atom stereocenters. The first-order chi connectivity index (χ1) is 18.1. The average Bonchev–Trinajstić information content (AvgIpc) is 3.45. The molecule has 2 fully saturated rings. The van der Waals surface area contributed by atoms with Gasteiger partial charge < -0.3 is 24.7 Å². The van der Waals surface area contributed by atoms with Crippen molar-refractivity contribution >= 4 is 45.2 Å². The summed E-state index contributed by atoms with van der Waals surface area (Å²) in [6.45, 7) is 3.83. The number of ether oxygens (including phenoxy) is 1. The molecule has 1 aliphatic carbocycles. The van der Waals surface area contributed by atoms with Crippen molar-refractivity contribution in [3.8, 4) is 11.5 Å². The van der Waals surface area contributed by atoms with Gasteiger partial charge in [0, 0.05) is 47.4 Å². The molecule has 1 aromatic carbocycles. The first-order valence-electron chi connectivity index (χ1n) is 13.2. The van der Waals surface area contributed by atoms with Gasteiger partial charge in [-0.2, -0.15) is 0 Å². The van der Waals surface area contributed by atoms with Crippen molar-refractivity contribution < 1.29 is 18.1 Å². The van der Waals surface area contributed by atoms with E-state index in [0.29, 0.717) is 40.5 Å². The minimum atomic E-state index is -2.48. The zero-order valence-corrected chi connectivity index (χ0v) is 19.4. The molecule has 10 nitrogen and oxygen atoms in total. The monoisotopic (exact) mass is 476 g/mol. The molecular formula is C25H27N7O3. The molecule has 4 aromatic rings. The topological polar surface area (TPSA) is 118 Å². The Morgan fingerprint density at radius 1 is 1.26 bits per heavy atom. The summed E-state index contributed by atoms with van der Waals surface area (Å²) in [6, 6.07) is 7.49. The lowest BCUT2D eigenvalue weighted by Gasteiger charge is -2.32. The first-order valence-corrected chi connectivity index (χ1v) is 11.7. The Labute approximate surface area is 206 Å². The SMILES string of the molecule is [2H]C([2H])([2H])Nc1ncc(-c2nc3cc(N4CCO[C@@H](C)C4)ccc3o2)c2cc(NC(=O)[C@H]3C[C@H]3C)nnc12. The molecule has 35 heavy (non-hydrogen) atoms. The average molecular weight is 477 g/mol. The van der Waals surface area contributed by atoms with E-state index in [9.17, 15) is 4.79 Å². The molecular weight excluding hydrogens is 446 g/mol. The van der Waals surface area contributed by atoms with Gasteiger partial charge in [0.25, 0.3) is 0 Å². The molecule has 0 bridgehead atoms. The lowest BCUT2D eigenvalue weighted by molar-refractivity contribution is -0.117. The van der Waals surface area contributed by atoms with E-state index in [0.717, 1.165) is 25.2 Å². The number of anilines is 3. The van der Waals surface area contributed by atoms with Crippen molar-refractivity contribution in [2.24, 2.45) is 11.8 Å². The molecule has 3 aromatic heterocycles. The number of carbonyl (C=O) groups excluding carboxylic acids is 1. The zero-order valence-electron chi connectivity index (χ0n) is 22.4. The number of aromatic nitrogens is 4. The number of amides is 1. The van der Waals surface area contributed by atoms with Crippen LogP contribution < -0.4 is 15.5 Å². The third-order valence-corrected chi connectivity index (χ3v) is 6.65. The number of hydrogen-bond acceptors (Lipinski definition) is 9. The van der Waals surface area contributed by atoms with E-state index < -0.39 is 6.98 Å². The minimum absolute atomic E-state index is 0.0436. The van der Waals surface area contributed by atoms with E-state index in [1.165, 1.54) is 6.20 Å². The number of carbonyl (C=O) groups is 1. The van der Waals surface area contributed by atoms with E-state index in [2.05, 4.69) is 30.7 Å². The van der Waals surface area contributed by atoms with E-state index in [-0.39, 0.29) is 35.1 Å². The second-order valence-corrected chi connectivity index (χ2v) is 9.24. The Morgan fingerprint density at radius 3 is 2.94 bits per heavy atom. The lowest BCUT2D eigenvalue weighted by Crippen LogP contribution is -2.41. The van der Waals surface area contributed by atoms with Crippen LogP contribution in [0, 0.1) is 11.8 Å². The smallest absolute Gasteiger partial charge is 0.229 e. The molecule has 180 valence electrons. The highest BCUT2D eigenvalue weighted by atomic mass is 16.5. The molecule has 10 heteroatoms. The van der Waals surface area contributed by atoms with Crippen molar-refractivity contribution in [1.29, 1.82) is 0 Å². The van der Waals surface area contributed by atoms with Crippen LogP contribution in [0.5, 0.6) is 0 Å². The predicted octanol–water partition coefficient (Wildman–Crippen LogP) is 3.69. The second-order valence-electron chi connectivity index (χ2n) is 9.24. The fraction of sp³-hybridized carbons (Fsp3) is 0.400. The van der Waals surface area contributed by atoms with E-state index >= 15 is 0 Å². The molecule has 1 saturated heterocycles. The highest BCUT2D eigenvalue weighted by Crippen LogP contribution is 2.39. The van der Waals surface area contributed by atoms with Gasteiger partial charge in [-0.1, -0.05) is 6.92 Å². The molecule has 2 N–H and O–H groups in total. The van der Waals surface area contributed by atoms with Crippen LogP contribution in [0.15, 0.2) is 34.9 Å². The number of oxazole rings is 1. The summed E-state index contributed by atoms with van der Waals surface area (Å²) >= 11 is 0. The Hall–Kier alpha value is -3.79. The van der Waals surface area contributed by atoms with Crippen molar-refractivity contribution in [3.05, 3.63) is 30.5 Å². The third-order valence-electron chi connectivity index (χ3n) is 6.65. The van der Waals surface area contributed by atoms with Crippen molar-refractivity contribution in [3.63, 3.8) is 0 Å². The summed E-state index contributed by atoms with van der Waals surface area (Å²) < 4.78 is 34.5. The summed E-state index contributed by atoms with van der Waals surface area (Å²) in [6.07, 6.45) is 2.47. The van der Waals surface area contributed by atoms with Crippen molar-refractivity contribution in [1.82, 2.24) is 20.2 Å². The molecule has 0 spiro atoms. The van der Waals surface area contributed by atoms with Crippen LogP contribution >= 0.6 is 0 Å². The quantitative estimate of drug-likeness (QED) is 0.444. The van der Waals surface area contributed by atoms with Gasteiger partial charge in [0.05, 0.1) is 18.3 Å².